The van der Waals surface area contributed by atoms with Crippen molar-refractivity contribution in [3.63, 3.8) is 0 Å². The Hall–Kier alpha value is -0.820. The van der Waals surface area contributed by atoms with Crippen LogP contribution in [0.25, 0.3) is 0 Å². The van der Waals surface area contributed by atoms with Gasteiger partial charge in [-0.3, -0.25) is 0 Å². The van der Waals surface area contributed by atoms with Crippen LogP contribution in [0.15, 0.2) is 18.2 Å². The standard InChI is InChI=1S/C14H19N/c1-10-4-5-11-6-7-12(9-13(10)11)14-3-2-8-15-14/h6-7,9-10,14-15H,2-5,8H2,1H3. The van der Waals surface area contributed by atoms with Crippen LogP contribution < -0.4 is 5.32 Å². The predicted octanol–water partition coefficient (Wildman–Crippen LogP) is 3.16. The molecule has 2 aliphatic rings. The summed E-state index contributed by atoms with van der Waals surface area (Å²) in [4.78, 5) is 0. The second-order valence-corrected chi connectivity index (χ2v) is 5.05. The third-order valence-corrected chi connectivity index (χ3v) is 4.01. The van der Waals surface area contributed by atoms with Gasteiger partial charge in [0.1, 0.15) is 0 Å². The largest absolute Gasteiger partial charge is 0.310 e. The van der Waals surface area contributed by atoms with Crippen molar-refractivity contribution in [2.75, 3.05) is 6.54 Å². The van der Waals surface area contributed by atoms with Crippen LogP contribution in [0.2, 0.25) is 0 Å². The number of hydrogen-bond acceptors (Lipinski definition) is 1. The van der Waals surface area contributed by atoms with E-state index in [1.807, 2.05) is 0 Å². The summed E-state index contributed by atoms with van der Waals surface area (Å²) in [6.45, 7) is 3.55. The molecule has 0 radical (unpaired) electrons. The summed E-state index contributed by atoms with van der Waals surface area (Å²) in [6.07, 6.45) is 5.27. The number of hydrogen-bond donors (Lipinski definition) is 1. The van der Waals surface area contributed by atoms with E-state index in [-0.39, 0.29) is 0 Å². The van der Waals surface area contributed by atoms with E-state index in [1.54, 1.807) is 11.1 Å². The lowest BCUT2D eigenvalue weighted by Gasteiger charge is -2.13. The van der Waals surface area contributed by atoms with Gasteiger partial charge in [0.2, 0.25) is 0 Å². The van der Waals surface area contributed by atoms with Gasteiger partial charge in [-0.05, 0) is 54.8 Å². The molecule has 0 amide bonds. The molecule has 80 valence electrons. The summed E-state index contributed by atoms with van der Waals surface area (Å²) in [5, 5.41) is 3.58. The van der Waals surface area contributed by atoms with Crippen LogP contribution in [-0.2, 0) is 6.42 Å². The lowest BCUT2D eigenvalue weighted by Crippen LogP contribution is -2.13. The van der Waals surface area contributed by atoms with Gasteiger partial charge >= 0.3 is 0 Å². The van der Waals surface area contributed by atoms with Gasteiger partial charge < -0.3 is 5.32 Å². The maximum absolute atomic E-state index is 3.58. The van der Waals surface area contributed by atoms with Crippen LogP contribution >= 0.6 is 0 Å². The quantitative estimate of drug-likeness (QED) is 0.736. The number of nitrogens with one attached hydrogen (secondary N) is 1. The van der Waals surface area contributed by atoms with Crippen molar-refractivity contribution in [2.24, 2.45) is 0 Å². The number of rotatable bonds is 1. The molecule has 1 heterocycles. The summed E-state index contributed by atoms with van der Waals surface area (Å²) in [5.74, 6) is 0.779. The molecule has 0 saturated carbocycles. The van der Waals surface area contributed by atoms with E-state index in [9.17, 15) is 0 Å². The van der Waals surface area contributed by atoms with Crippen LogP contribution in [-0.4, -0.2) is 6.54 Å². The highest BCUT2D eigenvalue weighted by Crippen LogP contribution is 2.35. The zero-order chi connectivity index (χ0) is 10.3. The van der Waals surface area contributed by atoms with Gasteiger partial charge in [0.25, 0.3) is 0 Å². The first-order valence-electron chi connectivity index (χ1n) is 6.21. The Morgan fingerprint density at radius 3 is 3.00 bits per heavy atom. The maximum atomic E-state index is 3.58. The summed E-state index contributed by atoms with van der Waals surface area (Å²) >= 11 is 0. The maximum Gasteiger partial charge on any atom is 0.0320 e. The third-order valence-electron chi connectivity index (χ3n) is 4.01. The lowest BCUT2D eigenvalue weighted by molar-refractivity contribution is 0.645. The Morgan fingerprint density at radius 2 is 2.20 bits per heavy atom. The molecule has 0 spiro atoms. The number of aryl methyl sites for hydroxylation is 1. The Labute approximate surface area is 91.9 Å². The van der Waals surface area contributed by atoms with Gasteiger partial charge in [0.05, 0.1) is 0 Å². The summed E-state index contributed by atoms with van der Waals surface area (Å²) in [5.41, 5.74) is 4.71. The van der Waals surface area contributed by atoms with Crippen molar-refractivity contribution < 1.29 is 0 Å². The van der Waals surface area contributed by atoms with Crippen molar-refractivity contribution >= 4 is 0 Å². The second-order valence-electron chi connectivity index (χ2n) is 5.05. The first kappa shape index (κ1) is 9.41. The zero-order valence-corrected chi connectivity index (χ0v) is 9.42. The molecule has 1 heteroatoms. The zero-order valence-electron chi connectivity index (χ0n) is 9.42. The van der Waals surface area contributed by atoms with E-state index in [0.29, 0.717) is 6.04 Å². The molecular formula is C14H19N. The molecule has 1 aromatic rings. The minimum atomic E-state index is 0.628. The van der Waals surface area contributed by atoms with Crippen molar-refractivity contribution in [2.45, 2.75) is 44.6 Å². The average Bonchev–Trinajstić information content (AvgIpc) is 2.88. The molecule has 1 fully saturated rings. The van der Waals surface area contributed by atoms with E-state index >= 15 is 0 Å². The molecule has 1 aliphatic heterocycles. The van der Waals surface area contributed by atoms with E-state index in [4.69, 9.17) is 0 Å². The fourth-order valence-electron chi connectivity index (χ4n) is 3.01. The fraction of sp³-hybridized carbons (Fsp3) is 0.571. The molecule has 0 aromatic heterocycles. The first-order valence-corrected chi connectivity index (χ1v) is 6.21. The van der Waals surface area contributed by atoms with E-state index in [1.165, 1.54) is 37.8 Å². The van der Waals surface area contributed by atoms with Gasteiger partial charge in [-0.2, -0.15) is 0 Å². The third kappa shape index (κ3) is 1.59. The van der Waals surface area contributed by atoms with E-state index < -0.39 is 0 Å². The van der Waals surface area contributed by atoms with E-state index in [0.717, 1.165) is 5.92 Å². The predicted molar refractivity (Wildman–Crippen MR) is 63.2 cm³/mol. The first-order chi connectivity index (χ1) is 7.34. The van der Waals surface area contributed by atoms with Crippen LogP contribution in [0, 0.1) is 0 Å². The summed E-state index contributed by atoms with van der Waals surface area (Å²) in [7, 11) is 0. The Kier molecular flexibility index (Phi) is 2.28. The molecule has 1 aliphatic carbocycles. The van der Waals surface area contributed by atoms with Gasteiger partial charge in [-0.15, -0.1) is 0 Å². The molecule has 1 aromatic carbocycles. The topological polar surface area (TPSA) is 12.0 Å². The Bertz CT molecular complexity index is 364. The number of benzene rings is 1. The minimum Gasteiger partial charge on any atom is -0.310 e. The molecule has 1 N–H and O–H groups in total. The molecule has 0 bridgehead atoms. The van der Waals surface area contributed by atoms with Gasteiger partial charge in [0.15, 0.2) is 0 Å². The summed E-state index contributed by atoms with van der Waals surface area (Å²) in [6, 6.07) is 7.77. The van der Waals surface area contributed by atoms with Crippen molar-refractivity contribution in [1.82, 2.24) is 5.32 Å². The van der Waals surface area contributed by atoms with Gasteiger partial charge in [-0.1, -0.05) is 25.1 Å². The van der Waals surface area contributed by atoms with Crippen LogP contribution in [0.1, 0.15) is 54.8 Å². The molecule has 3 rings (SSSR count). The SMILES string of the molecule is CC1CCc2ccc(C3CCCN3)cc21. The summed E-state index contributed by atoms with van der Waals surface area (Å²) < 4.78 is 0. The molecule has 2 atom stereocenters. The highest BCUT2D eigenvalue weighted by molar-refractivity contribution is 5.39. The van der Waals surface area contributed by atoms with Crippen LogP contribution in [0.5, 0.6) is 0 Å². The normalized spacial score (nSPS) is 29.4. The average molecular weight is 201 g/mol. The fourth-order valence-corrected chi connectivity index (χ4v) is 3.01. The second kappa shape index (κ2) is 3.64. The van der Waals surface area contributed by atoms with Crippen LogP contribution in [0.3, 0.4) is 0 Å². The minimum absolute atomic E-state index is 0.628. The Balaban J connectivity index is 1.94. The number of fused-ring (bicyclic) bond motifs is 1. The highest BCUT2D eigenvalue weighted by atomic mass is 14.9. The van der Waals surface area contributed by atoms with Gasteiger partial charge in [-0.25, -0.2) is 0 Å². The molecule has 1 nitrogen and oxygen atoms in total. The molecular weight excluding hydrogens is 182 g/mol. The van der Waals surface area contributed by atoms with Crippen molar-refractivity contribution in [3.05, 3.63) is 34.9 Å². The Morgan fingerprint density at radius 1 is 1.27 bits per heavy atom. The monoisotopic (exact) mass is 201 g/mol. The highest BCUT2D eigenvalue weighted by Gasteiger charge is 2.22. The van der Waals surface area contributed by atoms with Crippen molar-refractivity contribution in [3.8, 4) is 0 Å². The molecule has 15 heavy (non-hydrogen) atoms. The van der Waals surface area contributed by atoms with Crippen molar-refractivity contribution in [1.29, 1.82) is 0 Å². The van der Waals surface area contributed by atoms with Gasteiger partial charge in [0, 0.05) is 6.04 Å². The molecule has 1 saturated heterocycles. The smallest absolute Gasteiger partial charge is 0.0320 e. The van der Waals surface area contributed by atoms with Crippen LogP contribution in [0.4, 0.5) is 0 Å². The lowest BCUT2D eigenvalue weighted by atomic mass is 9.97. The molecule has 2 unspecified atom stereocenters. The van der Waals surface area contributed by atoms with E-state index in [2.05, 4.69) is 30.4 Å².